The Balaban J connectivity index is 0.00000204. The molecule has 1 aromatic carbocycles. The minimum Gasteiger partial charge on any atom is -0.367 e. The molecule has 1 saturated heterocycles. The number of aromatic nitrogens is 2. The van der Waals surface area contributed by atoms with Gasteiger partial charge in [-0.05, 0) is 62.8 Å². The molecular weight excluding hydrogens is 490 g/mol. The standard InChI is InChI=1S/C22H25F4N5O.2H2S/c23-15-5-3-14(4-6-15)20(32)28-17-9-7-16(8-10-17)27-19-13-18(22(24,25)26)29-21(30-19)31-11-1-2-12-31;;/h3-6,13,16-17H,1-2,7-12H2,(H,28,32)(H,27,29,30);2*1H2. The van der Waals surface area contributed by atoms with Crippen LogP contribution in [0, 0.1) is 5.82 Å². The fraction of sp³-hybridized carbons (Fsp3) is 0.500. The van der Waals surface area contributed by atoms with Gasteiger partial charge in [0.15, 0.2) is 5.69 Å². The smallest absolute Gasteiger partial charge is 0.367 e. The molecule has 0 bridgehead atoms. The van der Waals surface area contributed by atoms with E-state index in [4.69, 9.17) is 0 Å². The maximum atomic E-state index is 13.4. The lowest BCUT2D eigenvalue weighted by Crippen LogP contribution is -2.40. The topological polar surface area (TPSA) is 70.2 Å². The number of carbonyl (C=O) groups is 1. The van der Waals surface area contributed by atoms with Crippen molar-refractivity contribution in [1.29, 1.82) is 0 Å². The highest BCUT2D eigenvalue weighted by atomic mass is 32.1. The van der Waals surface area contributed by atoms with Gasteiger partial charge in [-0.15, -0.1) is 0 Å². The Morgan fingerprint density at radius 3 is 2.12 bits per heavy atom. The van der Waals surface area contributed by atoms with Crippen molar-refractivity contribution in [1.82, 2.24) is 15.3 Å². The Kier molecular flexibility index (Phi) is 9.86. The molecule has 4 rings (SSSR count). The fourth-order valence-corrected chi connectivity index (χ4v) is 4.17. The number of anilines is 2. The number of nitrogens with one attached hydrogen (secondary N) is 2. The summed E-state index contributed by atoms with van der Waals surface area (Å²) in [6.07, 6.45) is 0.00130. The van der Waals surface area contributed by atoms with Crippen LogP contribution in [0.2, 0.25) is 0 Å². The number of nitrogens with zero attached hydrogens (tertiary/aromatic N) is 3. The molecule has 1 saturated carbocycles. The van der Waals surface area contributed by atoms with Crippen LogP contribution in [0.4, 0.5) is 29.3 Å². The minimum absolute atomic E-state index is 0. The van der Waals surface area contributed by atoms with Gasteiger partial charge in [-0.2, -0.15) is 45.1 Å². The number of alkyl halides is 3. The van der Waals surface area contributed by atoms with Crippen LogP contribution >= 0.6 is 27.0 Å². The van der Waals surface area contributed by atoms with Crippen molar-refractivity contribution in [2.45, 2.75) is 56.8 Å². The van der Waals surface area contributed by atoms with Crippen molar-refractivity contribution in [3.63, 3.8) is 0 Å². The van der Waals surface area contributed by atoms with Crippen LogP contribution in [-0.4, -0.2) is 41.0 Å². The van der Waals surface area contributed by atoms with Crippen molar-refractivity contribution in [3.8, 4) is 0 Å². The van der Waals surface area contributed by atoms with Crippen LogP contribution in [0.15, 0.2) is 30.3 Å². The highest BCUT2D eigenvalue weighted by molar-refractivity contribution is 7.59. The molecule has 34 heavy (non-hydrogen) atoms. The number of benzene rings is 1. The Morgan fingerprint density at radius 1 is 0.941 bits per heavy atom. The first kappa shape index (κ1) is 28.0. The Bertz CT molecular complexity index is 947. The van der Waals surface area contributed by atoms with Gasteiger partial charge in [0, 0.05) is 36.8 Å². The summed E-state index contributed by atoms with van der Waals surface area (Å²) in [6.45, 7) is 1.30. The number of rotatable bonds is 5. The number of carbonyl (C=O) groups excluding carboxylic acids is 1. The van der Waals surface area contributed by atoms with Crippen molar-refractivity contribution >= 4 is 44.7 Å². The second-order valence-corrected chi connectivity index (χ2v) is 8.30. The van der Waals surface area contributed by atoms with E-state index in [2.05, 4.69) is 20.6 Å². The van der Waals surface area contributed by atoms with Crippen LogP contribution in [0.5, 0.6) is 0 Å². The highest BCUT2D eigenvalue weighted by Gasteiger charge is 2.35. The van der Waals surface area contributed by atoms with Crippen LogP contribution in [-0.2, 0) is 6.18 Å². The zero-order chi connectivity index (χ0) is 22.7. The number of hydrogen-bond acceptors (Lipinski definition) is 5. The highest BCUT2D eigenvalue weighted by Crippen LogP contribution is 2.32. The molecule has 1 aliphatic carbocycles. The molecule has 0 unspecified atom stereocenters. The van der Waals surface area contributed by atoms with E-state index in [1.807, 2.05) is 0 Å². The quantitative estimate of drug-likeness (QED) is 0.565. The average Bonchev–Trinajstić information content (AvgIpc) is 3.30. The third-order valence-electron chi connectivity index (χ3n) is 5.91. The van der Waals surface area contributed by atoms with Crippen molar-refractivity contribution in [2.24, 2.45) is 0 Å². The van der Waals surface area contributed by atoms with Gasteiger partial charge in [-0.25, -0.2) is 9.37 Å². The summed E-state index contributed by atoms with van der Waals surface area (Å²) in [5, 5.41) is 6.08. The van der Waals surface area contributed by atoms with Gasteiger partial charge in [-0.3, -0.25) is 4.79 Å². The molecular formula is C22H29F4N5OS2. The van der Waals surface area contributed by atoms with Gasteiger partial charge >= 0.3 is 6.18 Å². The van der Waals surface area contributed by atoms with Gasteiger partial charge in [-0.1, -0.05) is 0 Å². The maximum absolute atomic E-state index is 13.4. The van der Waals surface area contributed by atoms with E-state index in [9.17, 15) is 22.4 Å². The summed E-state index contributed by atoms with van der Waals surface area (Å²) in [6, 6.07) is 6.22. The van der Waals surface area contributed by atoms with E-state index in [1.54, 1.807) is 4.90 Å². The molecule has 1 amide bonds. The van der Waals surface area contributed by atoms with Crippen LogP contribution in [0.1, 0.15) is 54.6 Å². The third-order valence-corrected chi connectivity index (χ3v) is 5.91. The predicted octanol–water partition coefficient (Wildman–Crippen LogP) is 4.61. The summed E-state index contributed by atoms with van der Waals surface area (Å²) in [7, 11) is 0. The molecule has 2 fully saturated rings. The molecule has 0 atom stereocenters. The first-order valence-electron chi connectivity index (χ1n) is 10.8. The Hall–Kier alpha value is -2.21. The van der Waals surface area contributed by atoms with Crippen LogP contribution < -0.4 is 15.5 Å². The summed E-state index contributed by atoms with van der Waals surface area (Å²) >= 11 is 0. The molecule has 2 N–H and O–H groups in total. The van der Waals surface area contributed by atoms with Crippen molar-refractivity contribution in [3.05, 3.63) is 47.4 Å². The largest absolute Gasteiger partial charge is 0.433 e. The van der Waals surface area contributed by atoms with E-state index >= 15 is 0 Å². The number of amides is 1. The monoisotopic (exact) mass is 519 g/mol. The molecule has 2 aliphatic rings. The summed E-state index contributed by atoms with van der Waals surface area (Å²) in [5.41, 5.74) is -0.557. The summed E-state index contributed by atoms with van der Waals surface area (Å²) < 4.78 is 53.1. The van der Waals surface area contributed by atoms with Gasteiger partial charge in [0.05, 0.1) is 0 Å². The Labute approximate surface area is 209 Å². The normalized spacial score (nSPS) is 20.2. The molecule has 2 heterocycles. The molecule has 0 radical (unpaired) electrons. The van der Waals surface area contributed by atoms with E-state index < -0.39 is 17.7 Å². The second-order valence-electron chi connectivity index (χ2n) is 8.30. The Morgan fingerprint density at radius 2 is 1.53 bits per heavy atom. The number of halogens is 4. The third kappa shape index (κ3) is 7.14. The van der Waals surface area contributed by atoms with E-state index in [0.29, 0.717) is 44.3 Å². The van der Waals surface area contributed by atoms with Crippen molar-refractivity contribution < 1.29 is 22.4 Å². The summed E-state index contributed by atoms with van der Waals surface area (Å²) in [4.78, 5) is 22.2. The van der Waals surface area contributed by atoms with Crippen LogP contribution in [0.3, 0.4) is 0 Å². The maximum Gasteiger partial charge on any atom is 0.433 e. The van der Waals surface area contributed by atoms with Gasteiger partial charge in [0.25, 0.3) is 5.91 Å². The zero-order valence-electron chi connectivity index (χ0n) is 18.5. The van der Waals surface area contributed by atoms with Gasteiger partial charge in [0.2, 0.25) is 5.95 Å². The second kappa shape index (κ2) is 12.0. The molecule has 1 aromatic heterocycles. The lowest BCUT2D eigenvalue weighted by molar-refractivity contribution is -0.141. The van der Waals surface area contributed by atoms with Crippen LogP contribution in [0.25, 0.3) is 0 Å². The summed E-state index contributed by atoms with van der Waals surface area (Å²) in [5.74, 6) is -0.380. The molecule has 12 heteroatoms. The SMILES string of the molecule is O=C(NC1CCC(Nc2cc(C(F)(F)F)nc(N3CCCC3)n2)CC1)c1ccc(F)cc1.S.S. The molecule has 1 aliphatic heterocycles. The minimum atomic E-state index is -4.55. The molecule has 188 valence electrons. The van der Waals surface area contributed by atoms with E-state index in [1.165, 1.54) is 24.3 Å². The van der Waals surface area contributed by atoms with E-state index in [-0.39, 0.29) is 56.7 Å². The lowest BCUT2D eigenvalue weighted by atomic mass is 9.91. The van der Waals surface area contributed by atoms with Gasteiger partial charge < -0.3 is 15.5 Å². The average molecular weight is 520 g/mol. The number of hydrogen-bond donors (Lipinski definition) is 2. The zero-order valence-corrected chi connectivity index (χ0v) is 20.5. The lowest BCUT2D eigenvalue weighted by Gasteiger charge is -2.30. The van der Waals surface area contributed by atoms with E-state index in [0.717, 1.165) is 18.9 Å². The van der Waals surface area contributed by atoms with Crippen molar-refractivity contribution in [2.75, 3.05) is 23.3 Å². The molecule has 2 aromatic rings. The fourth-order valence-electron chi connectivity index (χ4n) is 4.17. The molecule has 6 nitrogen and oxygen atoms in total. The first-order valence-corrected chi connectivity index (χ1v) is 10.8. The predicted molar refractivity (Wildman–Crippen MR) is 133 cm³/mol. The molecule has 0 spiro atoms. The van der Waals surface area contributed by atoms with Gasteiger partial charge in [0.1, 0.15) is 11.6 Å². The first-order chi connectivity index (χ1) is 15.3.